The lowest BCUT2D eigenvalue weighted by Gasteiger charge is -2.22. The van der Waals surface area contributed by atoms with E-state index in [9.17, 15) is 10.2 Å². The first kappa shape index (κ1) is 13.8. The van der Waals surface area contributed by atoms with E-state index in [4.69, 9.17) is 0 Å². The Morgan fingerprint density at radius 1 is 1.35 bits per heavy atom. The highest BCUT2D eigenvalue weighted by atomic mass is 16.3. The first-order chi connectivity index (χ1) is 8.10. The van der Waals surface area contributed by atoms with E-state index in [1.54, 1.807) is 6.07 Å². The van der Waals surface area contributed by atoms with Crippen LogP contribution in [0.2, 0.25) is 0 Å². The Bertz CT molecular complexity index is 361. The van der Waals surface area contributed by atoms with Crippen molar-refractivity contribution in [3.63, 3.8) is 0 Å². The maximum absolute atomic E-state index is 9.58. The van der Waals surface area contributed by atoms with Gasteiger partial charge in [-0.25, -0.2) is 0 Å². The smallest absolute Gasteiger partial charge is 0.160 e. The zero-order chi connectivity index (χ0) is 12.8. The van der Waals surface area contributed by atoms with E-state index < -0.39 is 0 Å². The van der Waals surface area contributed by atoms with E-state index >= 15 is 0 Å². The molecule has 0 radical (unpaired) electrons. The lowest BCUT2D eigenvalue weighted by Crippen LogP contribution is -2.11. The maximum Gasteiger partial charge on any atom is 0.160 e. The zero-order valence-corrected chi connectivity index (χ0v) is 11.0. The maximum atomic E-state index is 9.58. The van der Waals surface area contributed by atoms with E-state index in [0.717, 1.165) is 31.4 Å². The molecule has 0 spiro atoms. The van der Waals surface area contributed by atoms with Gasteiger partial charge in [0.2, 0.25) is 0 Å². The van der Waals surface area contributed by atoms with Gasteiger partial charge in [0.25, 0.3) is 0 Å². The van der Waals surface area contributed by atoms with Crippen LogP contribution in [0.25, 0.3) is 0 Å². The topological polar surface area (TPSA) is 52.5 Å². The molecule has 1 unspecified atom stereocenters. The summed E-state index contributed by atoms with van der Waals surface area (Å²) in [6.45, 7) is 5.35. The van der Waals surface area contributed by atoms with Crippen LogP contribution < -0.4 is 5.32 Å². The molecule has 0 aromatic heterocycles. The van der Waals surface area contributed by atoms with Crippen molar-refractivity contribution >= 4 is 0 Å². The van der Waals surface area contributed by atoms with Crippen molar-refractivity contribution in [3.8, 4) is 11.5 Å². The summed E-state index contributed by atoms with van der Waals surface area (Å²) in [5.41, 5.74) is 2.13. The SMILES string of the molecule is CC1CCc2c(ccc(O)c2O)C1.CCNC. The molecule has 3 heteroatoms. The number of fused-ring (bicyclic) bond motifs is 1. The predicted octanol–water partition coefficient (Wildman–Crippen LogP) is 2.45. The molecule has 0 aliphatic heterocycles. The van der Waals surface area contributed by atoms with Gasteiger partial charge in [0, 0.05) is 5.56 Å². The summed E-state index contributed by atoms with van der Waals surface area (Å²) in [7, 11) is 1.93. The molecule has 3 N–H and O–H groups in total. The summed E-state index contributed by atoms with van der Waals surface area (Å²) in [6.07, 6.45) is 3.00. The largest absolute Gasteiger partial charge is 0.504 e. The van der Waals surface area contributed by atoms with Crippen molar-refractivity contribution in [2.24, 2.45) is 5.92 Å². The number of hydrogen-bond donors (Lipinski definition) is 3. The van der Waals surface area contributed by atoms with Crippen LogP contribution in [0.3, 0.4) is 0 Å². The van der Waals surface area contributed by atoms with Crippen molar-refractivity contribution in [1.82, 2.24) is 5.32 Å². The standard InChI is InChI=1S/C11H14O2.C3H9N/c1-7-2-4-9-8(6-7)3-5-10(12)11(9)13;1-3-4-2/h3,5,7,12-13H,2,4,6H2,1H3;4H,3H2,1-2H3. The number of aromatic hydroxyl groups is 2. The molecule has 2 rings (SSSR count). The lowest BCUT2D eigenvalue weighted by atomic mass is 9.84. The highest BCUT2D eigenvalue weighted by Crippen LogP contribution is 2.36. The molecule has 0 bridgehead atoms. The molecule has 0 fully saturated rings. The fourth-order valence-electron chi connectivity index (χ4n) is 2.00. The van der Waals surface area contributed by atoms with Crippen LogP contribution >= 0.6 is 0 Å². The fourth-order valence-corrected chi connectivity index (χ4v) is 2.00. The lowest BCUT2D eigenvalue weighted by molar-refractivity contribution is 0.390. The molecule has 1 aromatic rings. The van der Waals surface area contributed by atoms with Gasteiger partial charge in [-0.2, -0.15) is 0 Å². The summed E-state index contributed by atoms with van der Waals surface area (Å²) in [6, 6.07) is 3.49. The molecule has 3 nitrogen and oxygen atoms in total. The second kappa shape index (κ2) is 6.50. The van der Waals surface area contributed by atoms with E-state index in [-0.39, 0.29) is 11.5 Å². The van der Waals surface area contributed by atoms with Gasteiger partial charge in [-0.3, -0.25) is 0 Å². The molecule has 96 valence electrons. The number of rotatable bonds is 1. The van der Waals surface area contributed by atoms with Gasteiger partial charge in [-0.15, -0.1) is 0 Å². The average Bonchev–Trinajstić information content (AvgIpc) is 2.34. The molecule has 1 aliphatic carbocycles. The molecule has 1 atom stereocenters. The quantitative estimate of drug-likeness (QED) is 0.658. The van der Waals surface area contributed by atoms with Crippen LogP contribution in [0.1, 0.15) is 31.4 Å². The van der Waals surface area contributed by atoms with Gasteiger partial charge in [0.1, 0.15) is 0 Å². The minimum atomic E-state index is 0.00769. The Hall–Kier alpha value is -1.22. The minimum absolute atomic E-state index is 0.00769. The fraction of sp³-hybridized carbons (Fsp3) is 0.571. The van der Waals surface area contributed by atoms with Crippen molar-refractivity contribution in [1.29, 1.82) is 0 Å². The molecule has 1 aliphatic rings. The Labute approximate surface area is 103 Å². The second-order valence-corrected chi connectivity index (χ2v) is 4.63. The van der Waals surface area contributed by atoms with Crippen LogP contribution in [-0.2, 0) is 12.8 Å². The van der Waals surface area contributed by atoms with Crippen molar-refractivity contribution in [2.45, 2.75) is 33.1 Å². The number of phenolic OH excluding ortho intramolecular Hbond substituents is 2. The molecule has 1 aromatic carbocycles. The third-order valence-electron chi connectivity index (χ3n) is 3.17. The predicted molar refractivity (Wildman–Crippen MR) is 70.6 cm³/mol. The van der Waals surface area contributed by atoms with Gasteiger partial charge in [0.15, 0.2) is 11.5 Å². The molecule has 17 heavy (non-hydrogen) atoms. The highest BCUT2D eigenvalue weighted by molar-refractivity contribution is 5.49. The van der Waals surface area contributed by atoms with Crippen LogP contribution in [0.4, 0.5) is 0 Å². The number of nitrogens with one attached hydrogen (secondary N) is 1. The van der Waals surface area contributed by atoms with Crippen molar-refractivity contribution in [3.05, 3.63) is 23.3 Å². The number of phenols is 2. The van der Waals surface area contributed by atoms with E-state index in [0.29, 0.717) is 5.92 Å². The van der Waals surface area contributed by atoms with Crippen molar-refractivity contribution in [2.75, 3.05) is 13.6 Å². The van der Waals surface area contributed by atoms with Gasteiger partial charge in [0.05, 0.1) is 0 Å². The minimum Gasteiger partial charge on any atom is -0.504 e. The first-order valence-electron chi connectivity index (χ1n) is 6.27. The molecular weight excluding hydrogens is 214 g/mol. The van der Waals surface area contributed by atoms with Gasteiger partial charge in [-0.1, -0.05) is 19.9 Å². The zero-order valence-electron chi connectivity index (χ0n) is 11.0. The third-order valence-corrected chi connectivity index (χ3v) is 3.17. The Morgan fingerprint density at radius 2 is 2.00 bits per heavy atom. The average molecular weight is 237 g/mol. The normalized spacial score (nSPS) is 17.9. The van der Waals surface area contributed by atoms with Gasteiger partial charge < -0.3 is 15.5 Å². The van der Waals surface area contributed by atoms with Gasteiger partial charge >= 0.3 is 0 Å². The molecule has 0 heterocycles. The number of hydrogen-bond acceptors (Lipinski definition) is 3. The number of benzene rings is 1. The summed E-state index contributed by atoms with van der Waals surface area (Å²) in [5.74, 6) is 0.786. The highest BCUT2D eigenvalue weighted by Gasteiger charge is 2.19. The summed E-state index contributed by atoms with van der Waals surface area (Å²) < 4.78 is 0. The summed E-state index contributed by atoms with van der Waals surface area (Å²) in [5, 5.41) is 21.8. The van der Waals surface area contributed by atoms with Gasteiger partial charge in [-0.05, 0) is 50.4 Å². The summed E-state index contributed by atoms with van der Waals surface area (Å²) in [4.78, 5) is 0. The molecule has 0 saturated heterocycles. The van der Waals surface area contributed by atoms with E-state index in [1.165, 1.54) is 5.56 Å². The Balaban J connectivity index is 0.000000317. The van der Waals surface area contributed by atoms with Crippen LogP contribution in [0.15, 0.2) is 12.1 Å². The van der Waals surface area contributed by atoms with E-state index in [1.807, 2.05) is 13.1 Å². The van der Waals surface area contributed by atoms with Crippen LogP contribution in [0, 0.1) is 5.92 Å². The van der Waals surface area contributed by atoms with E-state index in [2.05, 4.69) is 19.2 Å². The molecule has 0 saturated carbocycles. The third kappa shape index (κ3) is 3.63. The Kier molecular flexibility index (Phi) is 5.29. The molecular formula is C14H23NO2. The summed E-state index contributed by atoms with van der Waals surface area (Å²) >= 11 is 0. The van der Waals surface area contributed by atoms with Crippen LogP contribution in [-0.4, -0.2) is 23.8 Å². The second-order valence-electron chi connectivity index (χ2n) is 4.63. The van der Waals surface area contributed by atoms with Crippen LogP contribution in [0.5, 0.6) is 11.5 Å². The Morgan fingerprint density at radius 3 is 2.59 bits per heavy atom. The molecule has 0 amide bonds. The monoisotopic (exact) mass is 237 g/mol. The first-order valence-corrected chi connectivity index (χ1v) is 6.27. The van der Waals surface area contributed by atoms with Crippen molar-refractivity contribution < 1.29 is 10.2 Å².